The SMILES string of the molecule is Cc1nc2c(c(N3CCC3)n1)CN(C(=O)OC(C)(C)C)C2C. The van der Waals surface area contributed by atoms with Crippen LogP contribution in [0.15, 0.2) is 0 Å². The molecule has 1 aromatic rings. The molecule has 0 aliphatic carbocycles. The number of hydrogen-bond acceptors (Lipinski definition) is 5. The molecule has 0 aromatic carbocycles. The van der Waals surface area contributed by atoms with Crippen LogP contribution < -0.4 is 4.90 Å². The quantitative estimate of drug-likeness (QED) is 0.798. The molecule has 2 aliphatic rings. The van der Waals surface area contributed by atoms with Crippen LogP contribution in [0.3, 0.4) is 0 Å². The maximum atomic E-state index is 12.4. The van der Waals surface area contributed by atoms with Gasteiger partial charge in [-0.3, -0.25) is 4.90 Å². The van der Waals surface area contributed by atoms with Gasteiger partial charge in [0.05, 0.1) is 18.3 Å². The summed E-state index contributed by atoms with van der Waals surface area (Å²) in [5.41, 5.74) is 1.54. The van der Waals surface area contributed by atoms with E-state index in [1.807, 2.05) is 34.6 Å². The van der Waals surface area contributed by atoms with Gasteiger partial charge in [-0.15, -0.1) is 0 Å². The molecule has 1 fully saturated rings. The van der Waals surface area contributed by atoms with Crippen molar-refractivity contribution < 1.29 is 9.53 Å². The molecule has 6 nitrogen and oxygen atoms in total. The van der Waals surface area contributed by atoms with Crippen LogP contribution in [0.25, 0.3) is 0 Å². The van der Waals surface area contributed by atoms with Crippen LogP contribution in [0.5, 0.6) is 0 Å². The second-order valence-electron chi connectivity index (χ2n) is 7.08. The topological polar surface area (TPSA) is 58.6 Å². The summed E-state index contributed by atoms with van der Waals surface area (Å²) in [4.78, 5) is 25.6. The van der Waals surface area contributed by atoms with Crippen LogP contribution in [0.2, 0.25) is 0 Å². The summed E-state index contributed by atoms with van der Waals surface area (Å²) in [6, 6.07) is -0.0772. The maximum Gasteiger partial charge on any atom is 0.411 e. The number of rotatable bonds is 1. The fourth-order valence-electron chi connectivity index (χ4n) is 2.89. The van der Waals surface area contributed by atoms with Crippen molar-refractivity contribution in [2.24, 2.45) is 0 Å². The Bertz CT molecular complexity index is 605. The normalized spacial score (nSPS) is 20.7. The molecule has 3 heterocycles. The van der Waals surface area contributed by atoms with Crippen LogP contribution >= 0.6 is 0 Å². The molecule has 1 amide bonds. The number of aromatic nitrogens is 2. The zero-order valence-electron chi connectivity index (χ0n) is 14.0. The zero-order chi connectivity index (χ0) is 16.1. The first kappa shape index (κ1) is 15.1. The standard InChI is InChI=1S/C16H24N4O2/c1-10-13-12(9-20(10)15(21)22-16(3,4)5)14(18-11(2)17-13)19-7-6-8-19/h10H,6-9H2,1-5H3. The molecule has 0 N–H and O–H groups in total. The summed E-state index contributed by atoms with van der Waals surface area (Å²) in [7, 11) is 0. The van der Waals surface area contributed by atoms with Crippen molar-refractivity contribution in [3.63, 3.8) is 0 Å². The van der Waals surface area contributed by atoms with E-state index in [0.717, 1.165) is 36.0 Å². The first-order chi connectivity index (χ1) is 10.3. The van der Waals surface area contributed by atoms with Crippen LogP contribution in [0.4, 0.5) is 10.6 Å². The summed E-state index contributed by atoms with van der Waals surface area (Å²) in [5.74, 6) is 1.75. The largest absolute Gasteiger partial charge is 0.444 e. The van der Waals surface area contributed by atoms with E-state index in [0.29, 0.717) is 6.54 Å². The number of fused-ring (bicyclic) bond motifs is 1. The lowest BCUT2D eigenvalue weighted by atomic mass is 10.1. The molecular formula is C16H24N4O2. The fourth-order valence-corrected chi connectivity index (χ4v) is 2.89. The number of ether oxygens (including phenoxy) is 1. The Morgan fingerprint density at radius 2 is 1.95 bits per heavy atom. The van der Waals surface area contributed by atoms with Gasteiger partial charge in [-0.1, -0.05) is 0 Å². The molecule has 22 heavy (non-hydrogen) atoms. The summed E-state index contributed by atoms with van der Waals surface area (Å²) in [6.07, 6.45) is 0.911. The van der Waals surface area contributed by atoms with Gasteiger partial charge < -0.3 is 9.64 Å². The third-order valence-electron chi connectivity index (χ3n) is 4.10. The van der Waals surface area contributed by atoms with E-state index in [9.17, 15) is 4.79 Å². The summed E-state index contributed by atoms with van der Waals surface area (Å²) in [6.45, 7) is 12.1. The molecule has 0 saturated carbocycles. The first-order valence-corrected chi connectivity index (χ1v) is 7.88. The highest BCUT2D eigenvalue weighted by molar-refractivity contribution is 5.71. The van der Waals surface area contributed by atoms with E-state index in [1.54, 1.807) is 4.90 Å². The molecule has 3 rings (SSSR count). The van der Waals surface area contributed by atoms with E-state index in [2.05, 4.69) is 14.9 Å². The Hall–Kier alpha value is -1.85. The Morgan fingerprint density at radius 1 is 1.27 bits per heavy atom. The monoisotopic (exact) mass is 304 g/mol. The number of amides is 1. The van der Waals surface area contributed by atoms with Gasteiger partial charge in [0.2, 0.25) is 0 Å². The van der Waals surface area contributed by atoms with E-state index in [-0.39, 0.29) is 12.1 Å². The van der Waals surface area contributed by atoms with Gasteiger partial charge in [-0.05, 0) is 41.0 Å². The van der Waals surface area contributed by atoms with Crippen LogP contribution in [-0.2, 0) is 11.3 Å². The summed E-state index contributed by atoms with van der Waals surface area (Å²) in [5, 5.41) is 0. The maximum absolute atomic E-state index is 12.4. The Morgan fingerprint density at radius 3 is 2.50 bits per heavy atom. The number of aryl methyl sites for hydroxylation is 1. The highest BCUT2D eigenvalue weighted by Gasteiger charge is 2.38. The molecule has 1 aromatic heterocycles. The van der Waals surface area contributed by atoms with Crippen LogP contribution in [0, 0.1) is 6.92 Å². The summed E-state index contributed by atoms with van der Waals surface area (Å²) < 4.78 is 5.52. The van der Waals surface area contributed by atoms with E-state index in [1.165, 1.54) is 6.42 Å². The molecule has 120 valence electrons. The highest BCUT2D eigenvalue weighted by atomic mass is 16.6. The van der Waals surface area contributed by atoms with Crippen molar-refractivity contribution in [3.8, 4) is 0 Å². The number of anilines is 1. The van der Waals surface area contributed by atoms with Gasteiger partial charge in [0.15, 0.2) is 0 Å². The number of carbonyl (C=O) groups is 1. The molecule has 1 saturated heterocycles. The minimum atomic E-state index is -0.493. The average Bonchev–Trinajstić information content (AvgIpc) is 2.63. The number of carbonyl (C=O) groups excluding carboxylic acids is 1. The molecular weight excluding hydrogens is 280 g/mol. The van der Waals surface area contributed by atoms with Crippen molar-refractivity contribution in [2.75, 3.05) is 18.0 Å². The third-order valence-corrected chi connectivity index (χ3v) is 4.10. The number of hydrogen-bond donors (Lipinski definition) is 0. The van der Waals surface area contributed by atoms with E-state index >= 15 is 0 Å². The Balaban J connectivity index is 1.89. The fraction of sp³-hybridized carbons (Fsp3) is 0.688. The van der Waals surface area contributed by atoms with Crippen molar-refractivity contribution in [3.05, 3.63) is 17.1 Å². The van der Waals surface area contributed by atoms with Crippen LogP contribution in [-0.4, -0.2) is 39.7 Å². The second kappa shape index (κ2) is 5.11. The molecule has 0 radical (unpaired) electrons. The molecule has 1 atom stereocenters. The van der Waals surface area contributed by atoms with Crippen molar-refractivity contribution >= 4 is 11.9 Å². The lowest BCUT2D eigenvalue weighted by Crippen LogP contribution is -2.39. The van der Waals surface area contributed by atoms with Gasteiger partial charge in [0.1, 0.15) is 17.2 Å². The Kier molecular flexibility index (Phi) is 3.50. The van der Waals surface area contributed by atoms with Crippen molar-refractivity contribution in [1.29, 1.82) is 0 Å². The lowest BCUT2D eigenvalue weighted by molar-refractivity contribution is 0.0185. The van der Waals surface area contributed by atoms with Crippen molar-refractivity contribution in [2.45, 2.75) is 59.2 Å². The smallest absolute Gasteiger partial charge is 0.411 e. The van der Waals surface area contributed by atoms with E-state index < -0.39 is 5.60 Å². The third kappa shape index (κ3) is 2.62. The van der Waals surface area contributed by atoms with Crippen molar-refractivity contribution in [1.82, 2.24) is 14.9 Å². The zero-order valence-corrected chi connectivity index (χ0v) is 14.0. The molecule has 0 spiro atoms. The summed E-state index contributed by atoms with van der Waals surface area (Å²) >= 11 is 0. The second-order valence-corrected chi connectivity index (χ2v) is 7.08. The van der Waals surface area contributed by atoms with Gasteiger partial charge in [0, 0.05) is 18.7 Å². The van der Waals surface area contributed by atoms with E-state index in [4.69, 9.17) is 4.74 Å². The van der Waals surface area contributed by atoms with Gasteiger partial charge in [0.25, 0.3) is 0 Å². The lowest BCUT2D eigenvalue weighted by Gasteiger charge is -2.33. The average molecular weight is 304 g/mol. The van der Waals surface area contributed by atoms with Crippen LogP contribution in [0.1, 0.15) is 57.2 Å². The predicted octanol–water partition coefficient (Wildman–Crippen LogP) is 2.81. The molecule has 2 aliphatic heterocycles. The van der Waals surface area contributed by atoms with Gasteiger partial charge in [-0.2, -0.15) is 0 Å². The predicted molar refractivity (Wildman–Crippen MR) is 83.8 cm³/mol. The molecule has 6 heteroatoms. The highest BCUT2D eigenvalue weighted by Crippen LogP contribution is 2.38. The minimum Gasteiger partial charge on any atom is -0.444 e. The number of nitrogens with zero attached hydrogens (tertiary/aromatic N) is 4. The minimum absolute atomic E-state index is 0.0772. The van der Waals surface area contributed by atoms with Gasteiger partial charge in [-0.25, -0.2) is 14.8 Å². The van der Waals surface area contributed by atoms with Gasteiger partial charge >= 0.3 is 6.09 Å². The first-order valence-electron chi connectivity index (χ1n) is 7.88. The molecule has 0 bridgehead atoms. The Labute approximate surface area is 131 Å². The molecule has 1 unspecified atom stereocenters.